The maximum atomic E-state index is 11.9. The molecule has 2 N–H and O–H groups in total. The van der Waals surface area contributed by atoms with Gasteiger partial charge in [0.1, 0.15) is 0 Å². The summed E-state index contributed by atoms with van der Waals surface area (Å²) >= 11 is 1.51. The van der Waals surface area contributed by atoms with Crippen molar-refractivity contribution in [2.45, 2.75) is 0 Å². The van der Waals surface area contributed by atoms with E-state index in [4.69, 9.17) is 0 Å². The highest BCUT2D eigenvalue weighted by molar-refractivity contribution is 7.23. The molecule has 5 nitrogen and oxygen atoms in total. The normalized spacial score (nSPS) is 10.6. The summed E-state index contributed by atoms with van der Waals surface area (Å²) in [5, 5.41) is 8.16. The molecule has 4 rings (SSSR count). The molecule has 0 fully saturated rings. The van der Waals surface area contributed by atoms with Gasteiger partial charge in [-0.3, -0.25) is 10.3 Å². The molecule has 0 unspecified atom stereocenters. The van der Waals surface area contributed by atoms with E-state index in [1.165, 1.54) is 27.4 Å². The van der Waals surface area contributed by atoms with Crippen LogP contribution in [0.1, 0.15) is 0 Å². The Hall–Kier alpha value is -3.38. The summed E-state index contributed by atoms with van der Waals surface area (Å²) in [5.41, 5.74) is 4.26. The fourth-order valence-electron chi connectivity index (χ4n) is 2.87. The van der Waals surface area contributed by atoms with Crippen molar-refractivity contribution in [1.29, 1.82) is 0 Å². The lowest BCUT2D eigenvalue weighted by atomic mass is 10.1. The zero-order valence-corrected chi connectivity index (χ0v) is 16.5. The summed E-state index contributed by atoms with van der Waals surface area (Å²) in [7, 11) is 3.44. The molecule has 0 saturated carbocycles. The molecule has 2 heterocycles. The number of thiophene rings is 1. The molecule has 28 heavy (non-hydrogen) atoms. The Balaban J connectivity index is 1.57. The average molecular weight is 388 g/mol. The maximum absolute atomic E-state index is 11.9. The number of fused-ring (bicyclic) bond motifs is 1. The smallest absolute Gasteiger partial charge is 0.321 e. The van der Waals surface area contributed by atoms with E-state index in [1.54, 1.807) is 20.3 Å². The highest BCUT2D eigenvalue weighted by Crippen LogP contribution is 2.35. The average Bonchev–Trinajstić information content (AvgIpc) is 3.12. The Morgan fingerprint density at radius 1 is 0.964 bits per heavy atom. The van der Waals surface area contributed by atoms with Crippen LogP contribution < -0.4 is 10.6 Å². The molecule has 0 aliphatic heterocycles. The Morgan fingerprint density at radius 3 is 2.39 bits per heavy atom. The molecule has 2 aromatic heterocycles. The maximum Gasteiger partial charge on any atom is 0.321 e. The van der Waals surface area contributed by atoms with Gasteiger partial charge in [0.2, 0.25) is 0 Å². The predicted octanol–water partition coefficient (Wildman–Crippen LogP) is 5.80. The number of pyridine rings is 1. The summed E-state index contributed by atoms with van der Waals surface area (Å²) in [5.74, 6) is 0. The van der Waals surface area contributed by atoms with E-state index in [9.17, 15) is 4.79 Å². The molecule has 0 aliphatic carbocycles. The molecule has 2 aromatic carbocycles. The van der Waals surface area contributed by atoms with Crippen LogP contribution in [0, 0.1) is 0 Å². The number of nitrogens with zero attached hydrogens (tertiary/aromatic N) is 2. The largest absolute Gasteiger partial charge is 0.354 e. The lowest BCUT2D eigenvalue weighted by molar-refractivity contribution is 0.231. The van der Waals surface area contributed by atoms with Gasteiger partial charge in [0, 0.05) is 31.4 Å². The van der Waals surface area contributed by atoms with Gasteiger partial charge in [-0.25, -0.2) is 4.79 Å². The van der Waals surface area contributed by atoms with Crippen molar-refractivity contribution in [2.75, 3.05) is 24.7 Å². The summed E-state index contributed by atoms with van der Waals surface area (Å²) < 4.78 is 1.01. The summed E-state index contributed by atoms with van der Waals surface area (Å²) in [6, 6.07) is 20.4. The Morgan fingerprint density at radius 2 is 1.68 bits per heavy atom. The molecule has 4 aromatic rings. The van der Waals surface area contributed by atoms with Gasteiger partial charge in [0.25, 0.3) is 0 Å². The number of urea groups is 1. The van der Waals surface area contributed by atoms with E-state index in [0.29, 0.717) is 0 Å². The number of carbonyl (C=O) groups excluding carboxylic acids is 1. The molecular weight excluding hydrogens is 368 g/mol. The number of hydrogen-bond donors (Lipinski definition) is 2. The number of carbonyl (C=O) groups is 1. The second-order valence-electron chi connectivity index (χ2n) is 6.60. The van der Waals surface area contributed by atoms with E-state index >= 15 is 0 Å². The number of amides is 2. The first kappa shape index (κ1) is 18.0. The molecule has 140 valence electrons. The van der Waals surface area contributed by atoms with Crippen molar-refractivity contribution in [3.8, 4) is 11.1 Å². The third-order valence-electron chi connectivity index (χ3n) is 4.35. The Kier molecular flexibility index (Phi) is 4.95. The van der Waals surface area contributed by atoms with Crippen molar-refractivity contribution in [1.82, 2.24) is 9.88 Å². The van der Waals surface area contributed by atoms with Gasteiger partial charge in [-0.15, -0.1) is 11.3 Å². The summed E-state index contributed by atoms with van der Waals surface area (Å²) in [4.78, 5) is 17.7. The van der Waals surface area contributed by atoms with Crippen LogP contribution in [0.25, 0.3) is 21.2 Å². The van der Waals surface area contributed by atoms with Crippen molar-refractivity contribution >= 4 is 43.8 Å². The molecule has 6 heteroatoms. The van der Waals surface area contributed by atoms with Crippen LogP contribution in [0.5, 0.6) is 0 Å². The molecule has 0 atom stereocenters. The zero-order valence-electron chi connectivity index (χ0n) is 15.6. The molecule has 2 amide bonds. The van der Waals surface area contributed by atoms with Crippen LogP contribution >= 0.6 is 11.3 Å². The molecular formula is C22H20N4OS. The molecule has 0 bridgehead atoms. The SMILES string of the molecule is CN(C)C(=O)Nc1cc2c(Nc3ccc(-c4ccccc4)cc3)cncc2s1. The lowest BCUT2D eigenvalue weighted by Crippen LogP contribution is -2.26. The van der Waals surface area contributed by atoms with Gasteiger partial charge >= 0.3 is 6.03 Å². The van der Waals surface area contributed by atoms with Crippen LogP contribution in [0.4, 0.5) is 21.2 Å². The number of hydrogen-bond acceptors (Lipinski definition) is 4. The lowest BCUT2D eigenvalue weighted by Gasteiger charge is -2.10. The van der Waals surface area contributed by atoms with E-state index in [2.05, 4.69) is 52.0 Å². The summed E-state index contributed by atoms with van der Waals surface area (Å²) in [6.45, 7) is 0. The van der Waals surface area contributed by atoms with Gasteiger partial charge in [-0.05, 0) is 29.3 Å². The van der Waals surface area contributed by atoms with Gasteiger partial charge in [0.05, 0.1) is 21.6 Å². The second-order valence-corrected chi connectivity index (χ2v) is 7.69. The van der Waals surface area contributed by atoms with E-state index in [-0.39, 0.29) is 6.03 Å². The first-order chi connectivity index (χ1) is 13.6. The molecule has 0 aliphatic rings. The van der Waals surface area contributed by atoms with E-state index in [1.807, 2.05) is 30.5 Å². The molecule has 0 radical (unpaired) electrons. The third-order valence-corrected chi connectivity index (χ3v) is 5.34. The Bertz CT molecular complexity index is 1100. The number of nitrogens with one attached hydrogen (secondary N) is 2. The summed E-state index contributed by atoms with van der Waals surface area (Å²) in [6.07, 6.45) is 3.62. The minimum Gasteiger partial charge on any atom is -0.354 e. The number of rotatable bonds is 4. The van der Waals surface area contributed by atoms with Crippen molar-refractivity contribution < 1.29 is 4.79 Å². The second kappa shape index (κ2) is 7.70. The van der Waals surface area contributed by atoms with Crippen LogP contribution in [0.2, 0.25) is 0 Å². The predicted molar refractivity (Wildman–Crippen MR) is 117 cm³/mol. The van der Waals surface area contributed by atoms with Gasteiger partial charge in [-0.1, -0.05) is 42.5 Å². The number of anilines is 3. The fourth-order valence-corrected chi connectivity index (χ4v) is 3.82. The molecule has 0 spiro atoms. The van der Waals surface area contributed by atoms with Gasteiger partial charge < -0.3 is 10.2 Å². The highest BCUT2D eigenvalue weighted by atomic mass is 32.1. The van der Waals surface area contributed by atoms with Crippen molar-refractivity contribution in [3.05, 3.63) is 73.1 Å². The van der Waals surface area contributed by atoms with Crippen LogP contribution in [-0.2, 0) is 0 Å². The monoisotopic (exact) mass is 388 g/mol. The minimum atomic E-state index is -0.148. The van der Waals surface area contributed by atoms with Gasteiger partial charge in [0.15, 0.2) is 0 Å². The first-order valence-corrected chi connectivity index (χ1v) is 9.70. The topological polar surface area (TPSA) is 57.3 Å². The fraction of sp³-hybridized carbons (Fsp3) is 0.0909. The van der Waals surface area contributed by atoms with Crippen molar-refractivity contribution in [3.63, 3.8) is 0 Å². The van der Waals surface area contributed by atoms with Crippen LogP contribution in [-0.4, -0.2) is 30.0 Å². The van der Waals surface area contributed by atoms with E-state index < -0.39 is 0 Å². The van der Waals surface area contributed by atoms with Crippen LogP contribution in [0.3, 0.4) is 0 Å². The highest BCUT2D eigenvalue weighted by Gasteiger charge is 2.11. The van der Waals surface area contributed by atoms with Gasteiger partial charge in [-0.2, -0.15) is 0 Å². The quantitative estimate of drug-likeness (QED) is 0.464. The number of benzene rings is 2. The van der Waals surface area contributed by atoms with Crippen LogP contribution in [0.15, 0.2) is 73.1 Å². The third kappa shape index (κ3) is 3.82. The Labute approximate surface area is 167 Å². The minimum absolute atomic E-state index is 0.148. The van der Waals surface area contributed by atoms with Crippen molar-refractivity contribution in [2.24, 2.45) is 0 Å². The standard InChI is InChI=1S/C22H20N4OS/c1-26(2)22(27)25-21-12-18-19(13-23-14-20(18)28-21)24-17-10-8-16(9-11-17)15-6-4-3-5-7-15/h3-14,24H,1-2H3,(H,25,27). The van der Waals surface area contributed by atoms with E-state index in [0.717, 1.165) is 26.5 Å². The zero-order chi connectivity index (χ0) is 19.5. The first-order valence-electron chi connectivity index (χ1n) is 8.88. The number of aromatic nitrogens is 1. The molecule has 0 saturated heterocycles.